The van der Waals surface area contributed by atoms with Gasteiger partial charge in [-0.3, -0.25) is 4.79 Å². The lowest BCUT2D eigenvalue weighted by molar-refractivity contribution is -0.149. The van der Waals surface area contributed by atoms with E-state index in [1.165, 1.54) is 0 Å². The molecule has 1 saturated heterocycles. The molecule has 2 aliphatic rings. The molecule has 0 aliphatic carbocycles. The number of nitrogens with one attached hydrogen (secondary N) is 2. The number of aryl methyl sites for hydroxylation is 1. The Labute approximate surface area is 192 Å². The third-order valence-corrected chi connectivity index (χ3v) is 6.50. The van der Waals surface area contributed by atoms with E-state index in [1.807, 2.05) is 30.9 Å². The Balaban J connectivity index is 1.72. The maximum Gasteiger partial charge on any atom is 0.236 e. The molecule has 0 aromatic heterocycles. The Hall–Kier alpha value is -2.35. The van der Waals surface area contributed by atoms with Gasteiger partial charge in [0.25, 0.3) is 0 Å². The maximum absolute atomic E-state index is 13.6. The van der Waals surface area contributed by atoms with E-state index in [4.69, 9.17) is 33.3 Å². The van der Waals surface area contributed by atoms with Crippen molar-refractivity contribution >= 4 is 40.5 Å². The summed E-state index contributed by atoms with van der Waals surface area (Å²) in [6.07, 6.45) is 0.758. The molecule has 31 heavy (non-hydrogen) atoms. The minimum Gasteiger partial charge on any atom is -0.467 e. The number of hydrogen-bond donors (Lipinski definition) is 2. The number of carbonyl (C=O) groups is 1. The van der Waals surface area contributed by atoms with E-state index in [-0.39, 0.29) is 11.9 Å². The van der Waals surface area contributed by atoms with Crippen molar-refractivity contribution in [2.45, 2.75) is 32.0 Å². The predicted molar refractivity (Wildman–Crippen MR) is 125 cm³/mol. The molecule has 6 nitrogen and oxygen atoms in total. The van der Waals surface area contributed by atoms with Crippen LogP contribution in [0.25, 0.3) is 0 Å². The number of ether oxygens (including phenoxy) is 2. The Morgan fingerprint density at radius 1 is 1.32 bits per heavy atom. The fraction of sp³-hybridized carbons (Fsp3) is 0.391. The molecule has 2 aromatic rings. The lowest BCUT2D eigenvalue weighted by atomic mass is 9.78. The predicted octanol–water partition coefficient (Wildman–Crippen LogP) is 4.28. The second-order valence-electron chi connectivity index (χ2n) is 8.10. The molecule has 8 heteroatoms. The van der Waals surface area contributed by atoms with Crippen molar-refractivity contribution in [3.8, 4) is 5.75 Å². The fourth-order valence-electron chi connectivity index (χ4n) is 4.41. The van der Waals surface area contributed by atoms with Gasteiger partial charge in [-0.25, -0.2) is 0 Å². The molecule has 2 aromatic carbocycles. The van der Waals surface area contributed by atoms with Gasteiger partial charge in [0.2, 0.25) is 5.91 Å². The average molecular weight is 460 g/mol. The van der Waals surface area contributed by atoms with E-state index in [0.717, 1.165) is 23.3 Å². The monoisotopic (exact) mass is 459 g/mol. The molecule has 2 bridgehead atoms. The van der Waals surface area contributed by atoms with Crippen LogP contribution < -0.4 is 15.4 Å². The highest BCUT2D eigenvalue weighted by Crippen LogP contribution is 2.48. The number of halogens is 1. The summed E-state index contributed by atoms with van der Waals surface area (Å²) in [4.78, 5) is 15.6. The van der Waals surface area contributed by atoms with Gasteiger partial charge in [0, 0.05) is 36.5 Å². The third kappa shape index (κ3) is 4.10. The average Bonchev–Trinajstić information content (AvgIpc) is 2.72. The first-order valence-corrected chi connectivity index (χ1v) is 11.0. The molecule has 1 fully saturated rings. The Morgan fingerprint density at radius 2 is 2.06 bits per heavy atom. The van der Waals surface area contributed by atoms with Crippen LogP contribution in [0.5, 0.6) is 5.75 Å². The van der Waals surface area contributed by atoms with Crippen LogP contribution in [0.1, 0.15) is 30.5 Å². The normalized spacial score (nSPS) is 24.1. The molecule has 2 aliphatic heterocycles. The second kappa shape index (κ2) is 8.65. The molecular weight excluding hydrogens is 434 g/mol. The Kier molecular flexibility index (Phi) is 6.10. The number of carbonyl (C=O) groups excluding carboxylic acids is 1. The molecule has 2 heterocycles. The van der Waals surface area contributed by atoms with E-state index in [2.05, 4.69) is 16.7 Å². The molecule has 3 atom stereocenters. The largest absolute Gasteiger partial charge is 0.467 e. The third-order valence-electron chi connectivity index (χ3n) is 5.91. The summed E-state index contributed by atoms with van der Waals surface area (Å²) < 4.78 is 11.7. The van der Waals surface area contributed by atoms with Crippen LogP contribution in [0.2, 0.25) is 5.02 Å². The molecule has 4 rings (SSSR count). The summed E-state index contributed by atoms with van der Waals surface area (Å²) in [5.41, 5.74) is 1.77. The summed E-state index contributed by atoms with van der Waals surface area (Å²) >= 11 is 11.7. The standard InChI is InChI=1S/C23H26ClN3O3S/c1-14-5-10-18-17(13-14)20-19(21(28)25-16-8-6-15(24)7-9-16)23(2,30-18)27(22(31)26-20)11-4-12-29-3/h5-10,13,19-20H,4,11-12H2,1-3H3,(H,25,28)(H,26,31)/t19-,20-,23-/m1/s1. The first kappa shape index (κ1) is 21.9. The van der Waals surface area contributed by atoms with E-state index >= 15 is 0 Å². The van der Waals surface area contributed by atoms with Crippen molar-refractivity contribution in [1.29, 1.82) is 0 Å². The highest BCUT2D eigenvalue weighted by atomic mass is 35.5. The maximum atomic E-state index is 13.6. The molecule has 0 unspecified atom stereocenters. The quantitative estimate of drug-likeness (QED) is 0.496. The van der Waals surface area contributed by atoms with Crippen LogP contribution in [0.4, 0.5) is 5.69 Å². The van der Waals surface area contributed by atoms with Gasteiger partial charge >= 0.3 is 0 Å². The van der Waals surface area contributed by atoms with Crippen LogP contribution in [0.15, 0.2) is 42.5 Å². The van der Waals surface area contributed by atoms with Crippen LogP contribution in [0.3, 0.4) is 0 Å². The lowest BCUT2D eigenvalue weighted by Gasteiger charge is -2.56. The molecular formula is C23H26ClN3O3S. The Morgan fingerprint density at radius 3 is 2.77 bits per heavy atom. The van der Waals surface area contributed by atoms with Crippen molar-refractivity contribution < 1.29 is 14.3 Å². The van der Waals surface area contributed by atoms with Gasteiger partial charge in [-0.15, -0.1) is 0 Å². The number of thiocarbonyl (C=S) groups is 1. The van der Waals surface area contributed by atoms with Crippen molar-refractivity contribution in [1.82, 2.24) is 10.2 Å². The molecule has 0 spiro atoms. The molecule has 0 radical (unpaired) electrons. The number of nitrogens with zero attached hydrogens (tertiary/aromatic N) is 1. The smallest absolute Gasteiger partial charge is 0.236 e. The minimum absolute atomic E-state index is 0.145. The Bertz CT molecular complexity index is 1000. The first-order valence-electron chi connectivity index (χ1n) is 10.3. The number of rotatable bonds is 6. The second-order valence-corrected chi connectivity index (χ2v) is 8.92. The molecule has 0 saturated carbocycles. The number of anilines is 1. The minimum atomic E-state index is -0.945. The van der Waals surface area contributed by atoms with Gasteiger partial charge < -0.3 is 25.0 Å². The zero-order valence-electron chi connectivity index (χ0n) is 17.8. The van der Waals surface area contributed by atoms with Gasteiger partial charge in [0.1, 0.15) is 11.7 Å². The summed E-state index contributed by atoms with van der Waals surface area (Å²) in [5.74, 6) is 0.0841. The number of amides is 1. The highest BCUT2D eigenvalue weighted by molar-refractivity contribution is 7.80. The van der Waals surface area contributed by atoms with Crippen molar-refractivity contribution in [2.24, 2.45) is 5.92 Å². The number of methoxy groups -OCH3 is 1. The molecule has 2 N–H and O–H groups in total. The van der Waals surface area contributed by atoms with Gasteiger partial charge in [-0.1, -0.05) is 29.3 Å². The summed E-state index contributed by atoms with van der Waals surface area (Å²) in [7, 11) is 1.67. The number of hydrogen-bond acceptors (Lipinski definition) is 4. The zero-order chi connectivity index (χ0) is 22.2. The van der Waals surface area contributed by atoms with Crippen LogP contribution in [-0.2, 0) is 9.53 Å². The van der Waals surface area contributed by atoms with Crippen molar-refractivity contribution in [3.05, 3.63) is 58.6 Å². The lowest BCUT2D eigenvalue weighted by Crippen LogP contribution is -2.71. The number of benzene rings is 2. The SMILES string of the molecule is COCCCN1C(=S)N[C@@H]2c3cc(C)ccc3O[C@]1(C)[C@H]2C(=O)Nc1ccc(Cl)cc1. The van der Waals surface area contributed by atoms with Crippen LogP contribution in [0, 0.1) is 12.8 Å². The van der Waals surface area contributed by atoms with Crippen LogP contribution >= 0.6 is 23.8 Å². The van der Waals surface area contributed by atoms with Crippen molar-refractivity contribution in [2.75, 3.05) is 25.6 Å². The molecule has 1 amide bonds. The van der Waals surface area contributed by atoms with E-state index < -0.39 is 11.6 Å². The van der Waals surface area contributed by atoms with E-state index in [1.54, 1.807) is 31.4 Å². The number of fused-ring (bicyclic) bond motifs is 4. The van der Waals surface area contributed by atoms with E-state index in [9.17, 15) is 4.79 Å². The molecule has 164 valence electrons. The van der Waals surface area contributed by atoms with Gasteiger partial charge in [-0.2, -0.15) is 0 Å². The topological polar surface area (TPSA) is 62.8 Å². The van der Waals surface area contributed by atoms with Gasteiger partial charge in [-0.05, 0) is 62.8 Å². The highest BCUT2D eigenvalue weighted by Gasteiger charge is 2.58. The van der Waals surface area contributed by atoms with E-state index in [0.29, 0.717) is 29.0 Å². The first-order chi connectivity index (χ1) is 14.8. The van der Waals surface area contributed by atoms with Crippen LogP contribution in [-0.4, -0.2) is 41.9 Å². The van der Waals surface area contributed by atoms with Gasteiger partial charge in [0.05, 0.1) is 6.04 Å². The summed E-state index contributed by atoms with van der Waals surface area (Å²) in [6.45, 7) is 5.16. The summed E-state index contributed by atoms with van der Waals surface area (Å²) in [5, 5.41) is 7.63. The zero-order valence-corrected chi connectivity index (χ0v) is 19.3. The fourth-order valence-corrected chi connectivity index (χ4v) is 4.94. The summed E-state index contributed by atoms with van der Waals surface area (Å²) in [6, 6.07) is 12.8. The van der Waals surface area contributed by atoms with Crippen molar-refractivity contribution in [3.63, 3.8) is 0 Å². The van der Waals surface area contributed by atoms with Gasteiger partial charge in [0.15, 0.2) is 10.8 Å².